The number of nitriles is 1. The van der Waals surface area contributed by atoms with Gasteiger partial charge in [-0.15, -0.1) is 0 Å². The first-order chi connectivity index (χ1) is 16.4. The van der Waals surface area contributed by atoms with E-state index in [9.17, 15) is 10.1 Å². The van der Waals surface area contributed by atoms with Crippen LogP contribution in [0.25, 0.3) is 0 Å². The Labute approximate surface area is 201 Å². The standard InChI is InChI=1S/C26H21ClN2O5/c1-15-11-17(27)5-10-22(15)32-14-24(30)33-19-8-9-20-23(12-19)34-26(29)21(13-28)25(20)16-3-6-18(31-2)7-4-16/h3-12,25H,14,29H2,1-2H3. The normalized spacial score (nSPS) is 14.5. The van der Waals surface area contributed by atoms with Crippen LogP contribution in [0.1, 0.15) is 22.6 Å². The van der Waals surface area contributed by atoms with E-state index in [1.807, 2.05) is 31.2 Å². The van der Waals surface area contributed by atoms with Gasteiger partial charge in [0.25, 0.3) is 0 Å². The van der Waals surface area contributed by atoms with Gasteiger partial charge in [-0.25, -0.2) is 4.79 Å². The van der Waals surface area contributed by atoms with Crippen LogP contribution in [-0.4, -0.2) is 19.7 Å². The summed E-state index contributed by atoms with van der Waals surface area (Å²) in [5, 5.41) is 10.3. The van der Waals surface area contributed by atoms with Crippen LogP contribution in [0.4, 0.5) is 0 Å². The molecule has 0 saturated carbocycles. The van der Waals surface area contributed by atoms with Crippen molar-refractivity contribution in [2.75, 3.05) is 13.7 Å². The van der Waals surface area contributed by atoms with Crippen LogP contribution in [-0.2, 0) is 4.79 Å². The first-order valence-electron chi connectivity index (χ1n) is 10.3. The Hall–Kier alpha value is -4.15. The zero-order chi connectivity index (χ0) is 24.2. The summed E-state index contributed by atoms with van der Waals surface area (Å²) < 4.78 is 21.9. The van der Waals surface area contributed by atoms with Gasteiger partial charge in [0, 0.05) is 16.7 Å². The summed E-state index contributed by atoms with van der Waals surface area (Å²) >= 11 is 5.94. The highest BCUT2D eigenvalue weighted by atomic mass is 35.5. The van der Waals surface area contributed by atoms with Crippen molar-refractivity contribution in [3.05, 3.63) is 93.8 Å². The first kappa shape index (κ1) is 23.0. The van der Waals surface area contributed by atoms with E-state index in [1.54, 1.807) is 43.5 Å². The fraction of sp³-hybridized carbons (Fsp3) is 0.154. The highest BCUT2D eigenvalue weighted by Gasteiger charge is 2.31. The number of nitrogens with two attached hydrogens (primary N) is 1. The monoisotopic (exact) mass is 476 g/mol. The number of hydrogen-bond donors (Lipinski definition) is 1. The number of fused-ring (bicyclic) bond motifs is 1. The Morgan fingerprint density at radius 1 is 1.12 bits per heavy atom. The van der Waals surface area contributed by atoms with E-state index in [4.69, 9.17) is 36.3 Å². The molecule has 172 valence electrons. The Bertz CT molecular complexity index is 1310. The number of esters is 1. The summed E-state index contributed by atoms with van der Waals surface area (Å²) in [5.41, 5.74) is 8.73. The van der Waals surface area contributed by atoms with Gasteiger partial charge in [-0.3, -0.25) is 0 Å². The number of aryl methyl sites for hydroxylation is 1. The minimum Gasteiger partial charge on any atom is -0.497 e. The van der Waals surface area contributed by atoms with Crippen LogP contribution in [0.3, 0.4) is 0 Å². The van der Waals surface area contributed by atoms with Gasteiger partial charge in [0.2, 0.25) is 5.88 Å². The van der Waals surface area contributed by atoms with E-state index >= 15 is 0 Å². The minimum atomic E-state index is -0.585. The van der Waals surface area contributed by atoms with Gasteiger partial charge in [0.05, 0.1) is 13.0 Å². The number of carbonyl (C=O) groups excluding carboxylic acids is 1. The van der Waals surface area contributed by atoms with E-state index in [2.05, 4.69) is 6.07 Å². The molecule has 0 fully saturated rings. The second kappa shape index (κ2) is 9.77. The summed E-state index contributed by atoms with van der Waals surface area (Å²) in [5.74, 6) is 0.891. The molecule has 0 aliphatic carbocycles. The molecule has 0 saturated heterocycles. The largest absolute Gasteiger partial charge is 0.497 e. The summed E-state index contributed by atoms with van der Waals surface area (Å²) in [6, 6.07) is 19.6. The van der Waals surface area contributed by atoms with Gasteiger partial charge >= 0.3 is 5.97 Å². The van der Waals surface area contributed by atoms with Crippen molar-refractivity contribution in [3.63, 3.8) is 0 Å². The Balaban J connectivity index is 1.53. The second-order valence-corrected chi connectivity index (χ2v) is 8.01. The number of halogens is 1. The quantitative estimate of drug-likeness (QED) is 0.400. The number of rotatable bonds is 6. The lowest BCUT2D eigenvalue weighted by Gasteiger charge is -2.26. The van der Waals surface area contributed by atoms with Gasteiger partial charge < -0.3 is 24.7 Å². The van der Waals surface area contributed by atoms with Crippen molar-refractivity contribution >= 4 is 17.6 Å². The highest BCUT2D eigenvalue weighted by molar-refractivity contribution is 6.30. The molecule has 0 bridgehead atoms. The molecule has 0 radical (unpaired) electrons. The van der Waals surface area contributed by atoms with Crippen LogP contribution in [0, 0.1) is 18.3 Å². The average molecular weight is 477 g/mol. The molecule has 3 aromatic carbocycles. The summed E-state index contributed by atoms with van der Waals surface area (Å²) in [4.78, 5) is 12.3. The van der Waals surface area contributed by atoms with E-state index in [0.717, 1.165) is 16.7 Å². The predicted molar refractivity (Wildman–Crippen MR) is 126 cm³/mol. The maximum absolute atomic E-state index is 12.3. The fourth-order valence-corrected chi connectivity index (χ4v) is 3.94. The van der Waals surface area contributed by atoms with E-state index < -0.39 is 11.9 Å². The third-order valence-electron chi connectivity index (χ3n) is 5.35. The molecule has 1 aliphatic heterocycles. The van der Waals surface area contributed by atoms with Crippen molar-refractivity contribution in [2.45, 2.75) is 12.8 Å². The zero-order valence-electron chi connectivity index (χ0n) is 18.5. The van der Waals surface area contributed by atoms with Crippen molar-refractivity contribution < 1.29 is 23.7 Å². The number of benzene rings is 3. The van der Waals surface area contributed by atoms with E-state index in [1.165, 1.54) is 0 Å². The molecule has 1 aliphatic rings. The zero-order valence-corrected chi connectivity index (χ0v) is 19.3. The van der Waals surface area contributed by atoms with Crippen LogP contribution in [0.2, 0.25) is 5.02 Å². The Kier molecular flexibility index (Phi) is 6.62. The number of carbonyl (C=O) groups is 1. The average Bonchev–Trinajstić information content (AvgIpc) is 2.82. The Morgan fingerprint density at radius 3 is 2.53 bits per heavy atom. The predicted octanol–water partition coefficient (Wildman–Crippen LogP) is 4.86. The van der Waals surface area contributed by atoms with Gasteiger partial charge in [0.15, 0.2) is 6.61 Å². The van der Waals surface area contributed by atoms with Crippen molar-refractivity contribution in [3.8, 4) is 29.1 Å². The molecule has 1 unspecified atom stereocenters. The number of allylic oxidation sites excluding steroid dienone is 1. The second-order valence-electron chi connectivity index (χ2n) is 7.57. The molecule has 0 amide bonds. The lowest BCUT2D eigenvalue weighted by molar-refractivity contribution is -0.136. The smallest absolute Gasteiger partial charge is 0.349 e. The van der Waals surface area contributed by atoms with Crippen LogP contribution in [0.15, 0.2) is 72.1 Å². The number of methoxy groups -OCH3 is 1. The van der Waals surface area contributed by atoms with Crippen LogP contribution >= 0.6 is 11.6 Å². The van der Waals surface area contributed by atoms with Gasteiger partial charge in [-0.2, -0.15) is 5.26 Å². The van der Waals surface area contributed by atoms with Crippen LogP contribution in [0.5, 0.6) is 23.0 Å². The molecule has 4 rings (SSSR count). The molecular formula is C26H21ClN2O5. The summed E-state index contributed by atoms with van der Waals surface area (Å²) in [7, 11) is 1.59. The number of nitrogens with zero attached hydrogens (tertiary/aromatic N) is 1. The maximum Gasteiger partial charge on any atom is 0.349 e. The van der Waals surface area contributed by atoms with Crippen molar-refractivity contribution in [1.29, 1.82) is 5.26 Å². The van der Waals surface area contributed by atoms with Crippen LogP contribution < -0.4 is 24.7 Å². The van der Waals surface area contributed by atoms with Gasteiger partial charge in [-0.05, 0) is 54.4 Å². The summed E-state index contributed by atoms with van der Waals surface area (Å²) in [6.07, 6.45) is 0. The van der Waals surface area contributed by atoms with Crippen molar-refractivity contribution in [2.24, 2.45) is 5.73 Å². The minimum absolute atomic E-state index is 0.000779. The SMILES string of the molecule is COc1ccc(C2C(C#N)=C(N)Oc3cc(OC(=O)COc4ccc(Cl)cc4C)ccc32)cc1. The number of hydrogen-bond acceptors (Lipinski definition) is 7. The van der Waals surface area contributed by atoms with Gasteiger partial charge in [0.1, 0.15) is 34.6 Å². The Morgan fingerprint density at radius 2 is 1.85 bits per heavy atom. The first-order valence-corrected chi connectivity index (χ1v) is 10.7. The van der Waals surface area contributed by atoms with E-state index in [0.29, 0.717) is 27.8 Å². The molecule has 0 spiro atoms. The molecule has 34 heavy (non-hydrogen) atoms. The van der Waals surface area contributed by atoms with E-state index in [-0.39, 0.29) is 18.2 Å². The van der Waals surface area contributed by atoms with Crippen molar-refractivity contribution in [1.82, 2.24) is 0 Å². The lowest BCUT2D eigenvalue weighted by Crippen LogP contribution is -2.21. The molecule has 3 aromatic rings. The molecule has 2 N–H and O–H groups in total. The molecule has 1 atom stereocenters. The molecular weight excluding hydrogens is 456 g/mol. The number of ether oxygens (including phenoxy) is 4. The summed E-state index contributed by atoms with van der Waals surface area (Å²) in [6.45, 7) is 1.55. The fourth-order valence-electron chi connectivity index (χ4n) is 3.71. The maximum atomic E-state index is 12.3. The molecule has 0 aromatic heterocycles. The molecule has 1 heterocycles. The van der Waals surface area contributed by atoms with Gasteiger partial charge in [-0.1, -0.05) is 29.8 Å². The highest BCUT2D eigenvalue weighted by Crippen LogP contribution is 2.43. The topological polar surface area (TPSA) is 104 Å². The third kappa shape index (κ3) is 4.77. The third-order valence-corrected chi connectivity index (χ3v) is 5.59. The molecule has 7 nitrogen and oxygen atoms in total. The lowest BCUT2D eigenvalue weighted by atomic mass is 9.83. The molecule has 8 heteroatoms.